The molecule has 0 atom stereocenters. The van der Waals surface area contributed by atoms with Gasteiger partial charge in [0, 0.05) is 24.7 Å². The van der Waals surface area contributed by atoms with Crippen LogP contribution in [0.25, 0.3) is 0 Å². The van der Waals surface area contributed by atoms with E-state index in [1.807, 2.05) is 0 Å². The fraction of sp³-hybridized carbons (Fsp3) is 0.438. The molecule has 2 aliphatic rings. The second-order valence-corrected chi connectivity index (χ2v) is 6.02. The maximum Gasteiger partial charge on any atom is 0.416 e. The summed E-state index contributed by atoms with van der Waals surface area (Å²) in [5.74, 6) is -0.783. The van der Waals surface area contributed by atoms with E-state index in [0.717, 1.165) is 12.1 Å². The highest BCUT2D eigenvalue weighted by Gasteiger charge is 2.37. The van der Waals surface area contributed by atoms with Crippen LogP contribution in [0.3, 0.4) is 0 Å². The van der Waals surface area contributed by atoms with Crippen molar-refractivity contribution in [2.75, 3.05) is 19.6 Å². The number of urea groups is 1. The Morgan fingerprint density at radius 3 is 2.40 bits per heavy atom. The molecule has 6 nitrogen and oxygen atoms in total. The van der Waals surface area contributed by atoms with Gasteiger partial charge in [0.25, 0.3) is 5.91 Å². The summed E-state index contributed by atoms with van der Waals surface area (Å²) in [6, 6.07) is 3.58. The first-order valence-corrected chi connectivity index (χ1v) is 7.84. The van der Waals surface area contributed by atoms with Gasteiger partial charge in [-0.25, -0.2) is 4.79 Å². The van der Waals surface area contributed by atoms with E-state index in [1.54, 1.807) is 0 Å². The molecule has 0 aromatic heterocycles. The molecule has 0 spiro atoms. The number of alkyl halides is 3. The molecule has 0 aliphatic carbocycles. The summed E-state index contributed by atoms with van der Waals surface area (Å²) in [6.07, 6.45) is -3.69. The van der Waals surface area contributed by atoms with Crippen LogP contribution in [0.4, 0.5) is 18.0 Å². The van der Waals surface area contributed by atoms with E-state index in [2.05, 4.69) is 5.32 Å². The third-order valence-electron chi connectivity index (χ3n) is 4.43. The number of hydrogen-bond donors (Lipinski definition) is 1. The zero-order valence-electron chi connectivity index (χ0n) is 13.2. The highest BCUT2D eigenvalue weighted by molar-refractivity contribution is 6.02. The SMILES string of the molecule is O=C(c1cccc(C(F)(F)F)c1)N1CCC(N2C(=O)CNC2=O)CC1. The predicted molar refractivity (Wildman–Crippen MR) is 80.6 cm³/mol. The van der Waals surface area contributed by atoms with E-state index < -0.39 is 23.7 Å². The number of benzene rings is 1. The summed E-state index contributed by atoms with van der Waals surface area (Å²) in [5, 5.41) is 2.45. The van der Waals surface area contributed by atoms with Gasteiger partial charge in [0.2, 0.25) is 5.91 Å². The number of likely N-dealkylation sites (tertiary alicyclic amines) is 1. The summed E-state index contributed by atoms with van der Waals surface area (Å²) >= 11 is 0. The molecule has 25 heavy (non-hydrogen) atoms. The molecule has 4 amide bonds. The Kier molecular flexibility index (Phi) is 4.40. The van der Waals surface area contributed by atoms with Crippen LogP contribution in [-0.2, 0) is 11.0 Å². The van der Waals surface area contributed by atoms with Crippen molar-refractivity contribution in [2.45, 2.75) is 25.1 Å². The zero-order valence-corrected chi connectivity index (χ0v) is 13.2. The molecule has 1 N–H and O–H groups in total. The molecule has 2 heterocycles. The first-order chi connectivity index (χ1) is 11.8. The van der Waals surface area contributed by atoms with Crippen molar-refractivity contribution in [1.29, 1.82) is 0 Å². The van der Waals surface area contributed by atoms with Gasteiger partial charge in [0.1, 0.15) is 0 Å². The Hall–Kier alpha value is -2.58. The number of amides is 4. The van der Waals surface area contributed by atoms with Crippen molar-refractivity contribution < 1.29 is 27.6 Å². The van der Waals surface area contributed by atoms with Crippen LogP contribution in [-0.4, -0.2) is 53.3 Å². The van der Waals surface area contributed by atoms with Crippen molar-refractivity contribution >= 4 is 17.8 Å². The maximum absolute atomic E-state index is 12.8. The van der Waals surface area contributed by atoms with Gasteiger partial charge in [0.05, 0.1) is 12.1 Å². The highest BCUT2D eigenvalue weighted by Crippen LogP contribution is 2.30. The lowest BCUT2D eigenvalue weighted by Gasteiger charge is -2.35. The van der Waals surface area contributed by atoms with Gasteiger partial charge in [0.15, 0.2) is 0 Å². The molecule has 0 saturated carbocycles. The fourth-order valence-corrected chi connectivity index (χ4v) is 3.14. The number of rotatable bonds is 2. The predicted octanol–water partition coefficient (Wildman–Crippen LogP) is 1.86. The number of nitrogens with zero attached hydrogens (tertiary/aromatic N) is 2. The summed E-state index contributed by atoms with van der Waals surface area (Å²) in [7, 11) is 0. The normalized spacial score (nSPS) is 19.3. The second-order valence-electron chi connectivity index (χ2n) is 6.02. The van der Waals surface area contributed by atoms with Gasteiger partial charge >= 0.3 is 12.2 Å². The minimum absolute atomic E-state index is 0.0248. The molecule has 134 valence electrons. The average Bonchev–Trinajstić information content (AvgIpc) is 2.92. The number of imide groups is 1. The molecule has 1 aromatic rings. The van der Waals surface area contributed by atoms with Crippen LogP contribution in [0.5, 0.6) is 0 Å². The van der Waals surface area contributed by atoms with Crippen molar-refractivity contribution in [3.8, 4) is 0 Å². The summed E-state index contributed by atoms with van der Waals surface area (Å²) in [5.41, 5.74) is -0.893. The quantitative estimate of drug-likeness (QED) is 0.824. The van der Waals surface area contributed by atoms with E-state index in [9.17, 15) is 27.6 Å². The number of piperidine rings is 1. The maximum atomic E-state index is 12.8. The zero-order chi connectivity index (χ0) is 18.2. The number of hydrogen-bond acceptors (Lipinski definition) is 3. The van der Waals surface area contributed by atoms with Gasteiger partial charge in [-0.1, -0.05) is 6.07 Å². The lowest BCUT2D eigenvalue weighted by Crippen LogP contribution is -2.49. The number of halogens is 3. The molecule has 2 aliphatic heterocycles. The van der Waals surface area contributed by atoms with Crippen LogP contribution < -0.4 is 5.32 Å². The molecule has 2 fully saturated rings. The van der Waals surface area contributed by atoms with Crippen molar-refractivity contribution in [3.05, 3.63) is 35.4 Å². The van der Waals surface area contributed by atoms with Crippen LogP contribution >= 0.6 is 0 Å². The van der Waals surface area contributed by atoms with Gasteiger partial charge < -0.3 is 10.2 Å². The van der Waals surface area contributed by atoms with Crippen LogP contribution in [0.1, 0.15) is 28.8 Å². The fourth-order valence-electron chi connectivity index (χ4n) is 3.14. The molecule has 3 rings (SSSR count). The first-order valence-electron chi connectivity index (χ1n) is 7.84. The lowest BCUT2D eigenvalue weighted by molar-refractivity contribution is -0.137. The van der Waals surface area contributed by atoms with E-state index in [4.69, 9.17) is 0 Å². The van der Waals surface area contributed by atoms with Crippen molar-refractivity contribution in [2.24, 2.45) is 0 Å². The third-order valence-corrected chi connectivity index (χ3v) is 4.43. The highest BCUT2D eigenvalue weighted by atomic mass is 19.4. The standard InChI is InChI=1S/C16H16F3N3O3/c17-16(18,19)11-3-1-2-10(8-11)14(24)21-6-4-12(5-7-21)22-13(23)9-20-15(22)25/h1-3,8,12H,4-7,9H2,(H,20,25). The summed E-state index contributed by atoms with van der Waals surface area (Å²) in [6.45, 7) is 0.524. The number of carbonyl (C=O) groups is 3. The monoisotopic (exact) mass is 355 g/mol. The third kappa shape index (κ3) is 3.45. The van der Waals surface area contributed by atoms with Gasteiger partial charge in [-0.2, -0.15) is 13.2 Å². The molecule has 0 radical (unpaired) electrons. The molecule has 2 saturated heterocycles. The Balaban J connectivity index is 1.66. The van der Waals surface area contributed by atoms with Gasteiger partial charge in [-0.05, 0) is 31.0 Å². The molecular weight excluding hydrogens is 339 g/mol. The summed E-state index contributed by atoms with van der Waals surface area (Å²) in [4.78, 5) is 38.4. The Morgan fingerprint density at radius 1 is 1.16 bits per heavy atom. The minimum Gasteiger partial charge on any atom is -0.338 e. The molecular formula is C16H16F3N3O3. The Labute approximate surface area is 141 Å². The van der Waals surface area contributed by atoms with E-state index in [0.29, 0.717) is 12.8 Å². The van der Waals surface area contributed by atoms with E-state index >= 15 is 0 Å². The second kappa shape index (κ2) is 6.38. The molecule has 1 aromatic carbocycles. The topological polar surface area (TPSA) is 69.7 Å². The van der Waals surface area contributed by atoms with Gasteiger partial charge in [-0.15, -0.1) is 0 Å². The largest absolute Gasteiger partial charge is 0.416 e. The minimum atomic E-state index is -4.51. The Bertz CT molecular complexity index is 696. The van der Waals surface area contributed by atoms with E-state index in [1.165, 1.54) is 21.9 Å². The molecule has 0 bridgehead atoms. The van der Waals surface area contributed by atoms with Crippen LogP contribution in [0, 0.1) is 0 Å². The van der Waals surface area contributed by atoms with Crippen molar-refractivity contribution in [3.63, 3.8) is 0 Å². The number of nitrogens with one attached hydrogen (secondary N) is 1. The first kappa shape index (κ1) is 17.2. The van der Waals surface area contributed by atoms with E-state index in [-0.39, 0.29) is 37.1 Å². The Morgan fingerprint density at radius 2 is 1.84 bits per heavy atom. The van der Waals surface area contributed by atoms with Crippen molar-refractivity contribution in [1.82, 2.24) is 15.1 Å². The van der Waals surface area contributed by atoms with Crippen LogP contribution in [0.2, 0.25) is 0 Å². The van der Waals surface area contributed by atoms with Crippen LogP contribution in [0.15, 0.2) is 24.3 Å². The smallest absolute Gasteiger partial charge is 0.338 e. The average molecular weight is 355 g/mol. The summed E-state index contributed by atoms with van der Waals surface area (Å²) < 4.78 is 38.3. The lowest BCUT2D eigenvalue weighted by atomic mass is 10.0. The number of carbonyl (C=O) groups excluding carboxylic acids is 3. The molecule has 9 heteroatoms. The molecule has 0 unspecified atom stereocenters. The van der Waals surface area contributed by atoms with Gasteiger partial charge in [-0.3, -0.25) is 14.5 Å².